The summed E-state index contributed by atoms with van der Waals surface area (Å²) < 4.78 is 6.13. The van der Waals surface area contributed by atoms with Gasteiger partial charge < -0.3 is 10.1 Å². The number of hydrogen-bond donors (Lipinski definition) is 1. The summed E-state index contributed by atoms with van der Waals surface area (Å²) in [5, 5.41) is 3.39. The van der Waals surface area contributed by atoms with Gasteiger partial charge in [-0.1, -0.05) is 18.2 Å². The van der Waals surface area contributed by atoms with Crippen LogP contribution in [0.25, 0.3) is 0 Å². The summed E-state index contributed by atoms with van der Waals surface area (Å²) in [5.74, 6) is 0.882. The van der Waals surface area contributed by atoms with E-state index in [-0.39, 0.29) is 0 Å². The molecule has 0 aliphatic carbocycles. The van der Waals surface area contributed by atoms with Crippen LogP contribution >= 0.6 is 15.9 Å². The molecule has 0 unspecified atom stereocenters. The van der Waals surface area contributed by atoms with E-state index in [0.717, 1.165) is 28.0 Å². The average Bonchev–Trinajstić information content (AvgIpc) is 2.41. The Morgan fingerprint density at radius 1 is 1.32 bits per heavy atom. The van der Waals surface area contributed by atoms with Gasteiger partial charge in [-0.25, -0.2) is 4.98 Å². The highest BCUT2D eigenvalue weighted by Crippen LogP contribution is 2.23. The summed E-state index contributed by atoms with van der Waals surface area (Å²) in [4.78, 5) is 4.41. The second kappa shape index (κ2) is 6.68. The number of pyridine rings is 1. The molecule has 2 rings (SSSR count). The molecule has 0 radical (unpaired) electrons. The van der Waals surface area contributed by atoms with E-state index in [1.807, 2.05) is 25.1 Å². The molecule has 1 heterocycles. The Morgan fingerprint density at radius 2 is 2.11 bits per heavy atom. The molecule has 1 aromatic heterocycles. The molecule has 3 nitrogen and oxygen atoms in total. The highest BCUT2D eigenvalue weighted by atomic mass is 79.9. The van der Waals surface area contributed by atoms with Gasteiger partial charge >= 0.3 is 0 Å². The summed E-state index contributed by atoms with van der Waals surface area (Å²) in [6.07, 6.45) is 2.68. The lowest BCUT2D eigenvalue weighted by Crippen LogP contribution is -2.02. The molecule has 0 amide bonds. The zero-order chi connectivity index (χ0) is 13.7. The fourth-order valence-corrected chi connectivity index (χ4v) is 2.32. The number of anilines is 2. The van der Waals surface area contributed by atoms with E-state index in [2.05, 4.69) is 38.4 Å². The highest BCUT2D eigenvalue weighted by Gasteiger charge is 2.05. The van der Waals surface area contributed by atoms with Crippen molar-refractivity contribution in [3.8, 4) is 0 Å². The molecule has 100 valence electrons. The molecule has 0 saturated carbocycles. The second-order valence-electron chi connectivity index (χ2n) is 4.34. The van der Waals surface area contributed by atoms with Gasteiger partial charge in [0, 0.05) is 23.5 Å². The first-order valence-corrected chi connectivity index (χ1v) is 6.96. The van der Waals surface area contributed by atoms with Crippen LogP contribution < -0.4 is 5.32 Å². The van der Waals surface area contributed by atoms with E-state index in [9.17, 15) is 0 Å². The number of aromatic nitrogens is 1. The molecule has 19 heavy (non-hydrogen) atoms. The van der Waals surface area contributed by atoms with Gasteiger partial charge in [-0.3, -0.25) is 0 Å². The summed E-state index contributed by atoms with van der Waals surface area (Å²) in [7, 11) is 1.72. The van der Waals surface area contributed by atoms with Crippen molar-refractivity contribution in [3.63, 3.8) is 0 Å². The van der Waals surface area contributed by atoms with Crippen LogP contribution in [0.1, 0.15) is 11.1 Å². The van der Waals surface area contributed by atoms with Gasteiger partial charge in [-0.15, -0.1) is 0 Å². The van der Waals surface area contributed by atoms with E-state index >= 15 is 0 Å². The summed E-state index contributed by atoms with van der Waals surface area (Å²) >= 11 is 3.42. The molecule has 0 fully saturated rings. The maximum absolute atomic E-state index is 5.14. The van der Waals surface area contributed by atoms with Crippen LogP contribution in [-0.4, -0.2) is 18.7 Å². The van der Waals surface area contributed by atoms with Crippen molar-refractivity contribution in [1.29, 1.82) is 0 Å². The molecule has 0 bridgehead atoms. The van der Waals surface area contributed by atoms with Gasteiger partial charge in [0.1, 0.15) is 5.82 Å². The number of rotatable bonds is 5. The number of para-hydroxylation sites is 1. The molecule has 0 aliphatic rings. The van der Waals surface area contributed by atoms with Crippen molar-refractivity contribution in [3.05, 3.63) is 52.1 Å². The molecular weight excluding hydrogens is 304 g/mol. The van der Waals surface area contributed by atoms with Crippen molar-refractivity contribution in [2.75, 3.05) is 19.0 Å². The van der Waals surface area contributed by atoms with Crippen molar-refractivity contribution in [2.24, 2.45) is 0 Å². The molecule has 0 atom stereocenters. The normalized spacial score (nSPS) is 10.5. The number of nitrogens with zero attached hydrogens (tertiary/aromatic N) is 1. The molecular formula is C15H17BrN2O. The van der Waals surface area contributed by atoms with Crippen LogP contribution in [0.4, 0.5) is 11.5 Å². The minimum absolute atomic E-state index is 0.714. The molecule has 1 N–H and O–H groups in total. The van der Waals surface area contributed by atoms with Crippen molar-refractivity contribution >= 4 is 27.4 Å². The fraction of sp³-hybridized carbons (Fsp3) is 0.267. The minimum atomic E-state index is 0.714. The molecule has 0 spiro atoms. The number of benzene rings is 1. The monoisotopic (exact) mass is 320 g/mol. The Labute approximate surface area is 122 Å². The largest absolute Gasteiger partial charge is 0.384 e. The van der Waals surface area contributed by atoms with E-state index in [4.69, 9.17) is 4.74 Å². The van der Waals surface area contributed by atoms with Gasteiger partial charge in [0.25, 0.3) is 0 Å². The van der Waals surface area contributed by atoms with Gasteiger partial charge in [0.2, 0.25) is 0 Å². The first-order valence-electron chi connectivity index (χ1n) is 6.16. The minimum Gasteiger partial charge on any atom is -0.384 e. The van der Waals surface area contributed by atoms with Crippen LogP contribution in [0.3, 0.4) is 0 Å². The van der Waals surface area contributed by atoms with Gasteiger partial charge in [0.05, 0.1) is 6.61 Å². The van der Waals surface area contributed by atoms with Crippen LogP contribution in [0.2, 0.25) is 0 Å². The predicted octanol–water partition coefficient (Wildman–Crippen LogP) is 4.09. The molecule has 1 aromatic carbocycles. The zero-order valence-electron chi connectivity index (χ0n) is 11.1. The summed E-state index contributed by atoms with van der Waals surface area (Å²) in [5.41, 5.74) is 3.42. The van der Waals surface area contributed by atoms with E-state index in [1.165, 1.54) is 5.56 Å². The Hall–Kier alpha value is -1.39. The number of aryl methyl sites for hydroxylation is 1. The van der Waals surface area contributed by atoms with Crippen molar-refractivity contribution in [2.45, 2.75) is 13.3 Å². The third-order valence-corrected chi connectivity index (χ3v) is 3.32. The number of methoxy groups -OCH3 is 1. The van der Waals surface area contributed by atoms with Crippen LogP contribution in [0, 0.1) is 6.92 Å². The quantitative estimate of drug-likeness (QED) is 0.901. The molecule has 0 saturated heterocycles. The number of hydrogen-bond acceptors (Lipinski definition) is 3. The Balaban J connectivity index is 2.22. The maximum atomic E-state index is 5.14. The van der Waals surface area contributed by atoms with Gasteiger partial charge in [-0.05, 0) is 52.5 Å². The van der Waals surface area contributed by atoms with E-state index in [0.29, 0.717) is 6.61 Å². The van der Waals surface area contributed by atoms with Gasteiger partial charge in [-0.2, -0.15) is 0 Å². The highest BCUT2D eigenvalue weighted by molar-refractivity contribution is 9.10. The topological polar surface area (TPSA) is 34.1 Å². The maximum Gasteiger partial charge on any atom is 0.133 e. The molecule has 0 aliphatic heterocycles. The summed E-state index contributed by atoms with van der Waals surface area (Å²) in [6.45, 7) is 2.75. The van der Waals surface area contributed by atoms with E-state index < -0.39 is 0 Å². The lowest BCUT2D eigenvalue weighted by Gasteiger charge is -2.13. The third kappa shape index (κ3) is 3.78. The summed E-state index contributed by atoms with van der Waals surface area (Å²) in [6, 6.07) is 10.3. The molecule has 2 aromatic rings. The third-order valence-electron chi connectivity index (χ3n) is 2.89. The predicted molar refractivity (Wildman–Crippen MR) is 82.0 cm³/mol. The first kappa shape index (κ1) is 14.0. The standard InChI is InChI=1S/C15H17BrN2O/c1-11-9-13(16)10-17-15(11)18-14-6-4-3-5-12(14)7-8-19-2/h3-6,9-10H,7-8H2,1-2H3,(H,17,18). The van der Waals surface area contributed by atoms with Crippen molar-refractivity contribution in [1.82, 2.24) is 4.98 Å². The second-order valence-corrected chi connectivity index (χ2v) is 5.26. The van der Waals surface area contributed by atoms with Crippen LogP contribution in [-0.2, 0) is 11.2 Å². The average molecular weight is 321 g/mol. The molecule has 4 heteroatoms. The van der Waals surface area contributed by atoms with Gasteiger partial charge in [0.15, 0.2) is 0 Å². The fourth-order valence-electron chi connectivity index (χ4n) is 1.87. The lowest BCUT2D eigenvalue weighted by molar-refractivity contribution is 0.202. The first-order chi connectivity index (χ1) is 9.20. The SMILES string of the molecule is COCCc1ccccc1Nc1ncc(Br)cc1C. The smallest absolute Gasteiger partial charge is 0.133 e. The lowest BCUT2D eigenvalue weighted by atomic mass is 10.1. The van der Waals surface area contributed by atoms with Crippen LogP contribution in [0.15, 0.2) is 41.0 Å². The Kier molecular flexibility index (Phi) is 4.93. The number of ether oxygens (including phenoxy) is 1. The zero-order valence-corrected chi connectivity index (χ0v) is 12.7. The Morgan fingerprint density at radius 3 is 2.84 bits per heavy atom. The van der Waals surface area contributed by atoms with Crippen LogP contribution in [0.5, 0.6) is 0 Å². The van der Waals surface area contributed by atoms with E-state index in [1.54, 1.807) is 13.3 Å². The Bertz CT molecular complexity index is 558. The number of halogens is 1. The number of nitrogens with one attached hydrogen (secondary N) is 1. The van der Waals surface area contributed by atoms with Crippen molar-refractivity contribution < 1.29 is 4.74 Å².